The Morgan fingerprint density at radius 1 is 0.935 bits per heavy atom. The number of nitro benzene ring substituents is 1. The third-order valence-corrected chi connectivity index (χ3v) is 4.99. The summed E-state index contributed by atoms with van der Waals surface area (Å²) in [7, 11) is 0. The molecule has 4 aromatic rings. The molecule has 0 aliphatic rings. The van der Waals surface area contributed by atoms with Crippen molar-refractivity contribution in [3.63, 3.8) is 0 Å². The fourth-order valence-electron chi connectivity index (χ4n) is 3.40. The number of nitrogens with zero attached hydrogens (tertiary/aromatic N) is 2. The van der Waals surface area contributed by atoms with E-state index in [2.05, 4.69) is 24.3 Å². The Kier molecular flexibility index (Phi) is 5.72. The maximum Gasteiger partial charge on any atom is 0.269 e. The molecule has 0 fully saturated rings. The lowest BCUT2D eigenvalue weighted by Gasteiger charge is -2.12. The first-order valence-corrected chi connectivity index (χ1v) is 9.71. The zero-order chi connectivity index (χ0) is 21.6. The lowest BCUT2D eigenvalue weighted by atomic mass is 10.0. The number of para-hydroxylation sites is 1. The van der Waals surface area contributed by atoms with Crippen LogP contribution in [0.4, 0.5) is 5.69 Å². The van der Waals surface area contributed by atoms with Gasteiger partial charge in [0.25, 0.3) is 5.69 Å². The predicted molar refractivity (Wildman–Crippen MR) is 121 cm³/mol. The quantitative estimate of drug-likeness (QED) is 0.161. The van der Waals surface area contributed by atoms with Crippen LogP contribution in [0.25, 0.3) is 22.4 Å². The van der Waals surface area contributed by atoms with Gasteiger partial charge in [-0.15, -0.1) is 0 Å². The fourth-order valence-corrected chi connectivity index (χ4v) is 3.40. The summed E-state index contributed by atoms with van der Waals surface area (Å²) in [4.78, 5) is 10.4. The number of nitriles is 1. The molecule has 5 nitrogen and oxygen atoms in total. The van der Waals surface area contributed by atoms with Crippen molar-refractivity contribution in [1.29, 1.82) is 5.26 Å². The van der Waals surface area contributed by atoms with Gasteiger partial charge in [-0.05, 0) is 46.2 Å². The molecule has 0 amide bonds. The third kappa shape index (κ3) is 4.44. The first-order chi connectivity index (χ1) is 15.2. The molecule has 0 N–H and O–H groups in total. The smallest absolute Gasteiger partial charge is 0.269 e. The first kappa shape index (κ1) is 19.9. The van der Waals surface area contributed by atoms with Crippen molar-refractivity contribution in [2.24, 2.45) is 0 Å². The molecule has 31 heavy (non-hydrogen) atoms. The molecule has 0 aliphatic carbocycles. The molecule has 0 radical (unpaired) electrons. The third-order valence-electron chi connectivity index (χ3n) is 4.99. The number of rotatable bonds is 6. The minimum atomic E-state index is -0.462. The minimum absolute atomic E-state index is 0.0140. The zero-order valence-electron chi connectivity index (χ0n) is 16.6. The predicted octanol–water partition coefficient (Wildman–Crippen LogP) is 6.39. The number of benzene rings is 4. The topological polar surface area (TPSA) is 76.2 Å². The van der Waals surface area contributed by atoms with Gasteiger partial charge in [0.15, 0.2) is 0 Å². The van der Waals surface area contributed by atoms with E-state index in [1.165, 1.54) is 12.1 Å². The van der Waals surface area contributed by atoms with Crippen molar-refractivity contribution < 1.29 is 9.66 Å². The SMILES string of the molecule is N#C/C(=C\c1ccccc1OCc1cccc2ccccc12)c1ccc([N+](=O)[O-])cc1. The van der Waals surface area contributed by atoms with E-state index >= 15 is 0 Å². The normalized spacial score (nSPS) is 11.1. The second-order valence-corrected chi connectivity index (χ2v) is 6.94. The summed E-state index contributed by atoms with van der Waals surface area (Å²) in [6.07, 6.45) is 1.74. The molecule has 0 unspecified atom stereocenters. The molecule has 0 spiro atoms. The van der Waals surface area contributed by atoms with E-state index in [9.17, 15) is 15.4 Å². The minimum Gasteiger partial charge on any atom is -0.488 e. The number of allylic oxidation sites excluding steroid dienone is 1. The average Bonchev–Trinajstić information content (AvgIpc) is 2.82. The average molecular weight is 406 g/mol. The number of non-ortho nitro benzene ring substituents is 1. The lowest BCUT2D eigenvalue weighted by Crippen LogP contribution is -1.98. The molecular formula is C26H18N2O3. The van der Waals surface area contributed by atoms with Crippen molar-refractivity contribution in [3.8, 4) is 11.8 Å². The van der Waals surface area contributed by atoms with Crippen molar-refractivity contribution in [2.75, 3.05) is 0 Å². The van der Waals surface area contributed by atoms with Gasteiger partial charge in [0, 0.05) is 17.7 Å². The second-order valence-electron chi connectivity index (χ2n) is 6.94. The highest BCUT2D eigenvalue weighted by Gasteiger charge is 2.09. The summed E-state index contributed by atoms with van der Waals surface area (Å²) in [6, 6.07) is 29.9. The molecule has 4 aromatic carbocycles. The molecule has 4 rings (SSSR count). The van der Waals surface area contributed by atoms with E-state index in [-0.39, 0.29) is 5.69 Å². The van der Waals surface area contributed by atoms with E-state index in [0.717, 1.165) is 21.9 Å². The number of nitro groups is 1. The summed E-state index contributed by atoms with van der Waals surface area (Å²) >= 11 is 0. The van der Waals surface area contributed by atoms with Crippen LogP contribution in [0.1, 0.15) is 16.7 Å². The largest absolute Gasteiger partial charge is 0.488 e. The van der Waals surface area contributed by atoms with E-state index < -0.39 is 4.92 Å². The number of hydrogen-bond acceptors (Lipinski definition) is 4. The van der Waals surface area contributed by atoms with Gasteiger partial charge >= 0.3 is 0 Å². The van der Waals surface area contributed by atoms with Crippen molar-refractivity contribution >= 4 is 28.1 Å². The van der Waals surface area contributed by atoms with E-state index in [1.54, 1.807) is 18.2 Å². The van der Waals surface area contributed by atoms with Gasteiger partial charge in [0.05, 0.1) is 16.6 Å². The molecule has 0 bridgehead atoms. The Balaban J connectivity index is 1.62. The Hall–Kier alpha value is -4.43. The van der Waals surface area contributed by atoms with Crippen LogP contribution in [0, 0.1) is 21.4 Å². The maximum atomic E-state index is 10.9. The summed E-state index contributed by atoms with van der Waals surface area (Å²) in [5.41, 5.74) is 2.83. The Morgan fingerprint density at radius 3 is 2.42 bits per heavy atom. The molecule has 0 saturated carbocycles. The highest BCUT2D eigenvalue weighted by Crippen LogP contribution is 2.27. The monoisotopic (exact) mass is 406 g/mol. The van der Waals surface area contributed by atoms with E-state index in [4.69, 9.17) is 4.74 Å². The standard InChI is InChI=1S/C26H18N2O3/c27-17-23(19-12-14-24(15-13-19)28(29)30)16-21-7-2-4-11-26(21)31-18-22-9-5-8-20-6-1-3-10-25(20)22/h1-16H,18H2/b23-16+. The number of hydrogen-bond donors (Lipinski definition) is 0. The molecule has 150 valence electrons. The Morgan fingerprint density at radius 2 is 1.65 bits per heavy atom. The number of fused-ring (bicyclic) bond motifs is 1. The maximum absolute atomic E-state index is 10.9. The first-order valence-electron chi connectivity index (χ1n) is 9.71. The Bertz CT molecular complexity index is 1310. The van der Waals surface area contributed by atoms with E-state index in [1.807, 2.05) is 48.5 Å². The Labute approximate surface area is 179 Å². The van der Waals surface area contributed by atoms with Gasteiger partial charge in [-0.3, -0.25) is 10.1 Å². The van der Waals surface area contributed by atoms with Crippen molar-refractivity contribution in [1.82, 2.24) is 0 Å². The summed E-state index contributed by atoms with van der Waals surface area (Å²) in [5, 5.41) is 22.8. The molecule has 0 aromatic heterocycles. The summed E-state index contributed by atoms with van der Waals surface area (Å²) in [5.74, 6) is 0.657. The van der Waals surface area contributed by atoms with Gasteiger partial charge in [-0.1, -0.05) is 60.7 Å². The zero-order valence-corrected chi connectivity index (χ0v) is 16.6. The fraction of sp³-hybridized carbons (Fsp3) is 0.0385. The second kappa shape index (κ2) is 8.93. The van der Waals surface area contributed by atoms with Gasteiger partial charge in [-0.25, -0.2) is 0 Å². The van der Waals surface area contributed by atoms with Crippen molar-refractivity contribution in [2.45, 2.75) is 6.61 Å². The van der Waals surface area contributed by atoms with Gasteiger partial charge in [0.1, 0.15) is 12.4 Å². The molecule has 0 atom stereocenters. The van der Waals surface area contributed by atoms with Crippen LogP contribution in [0.15, 0.2) is 91.0 Å². The van der Waals surface area contributed by atoms with Gasteiger partial charge in [0.2, 0.25) is 0 Å². The molecule has 0 saturated heterocycles. The molecule has 5 heteroatoms. The van der Waals surface area contributed by atoms with Crippen LogP contribution in [0.2, 0.25) is 0 Å². The van der Waals surface area contributed by atoms with Gasteiger partial charge < -0.3 is 4.74 Å². The summed E-state index contributed by atoms with van der Waals surface area (Å²) < 4.78 is 6.12. The van der Waals surface area contributed by atoms with Crippen LogP contribution < -0.4 is 4.74 Å². The van der Waals surface area contributed by atoms with Crippen molar-refractivity contribution in [3.05, 3.63) is 118 Å². The lowest BCUT2D eigenvalue weighted by molar-refractivity contribution is -0.384. The van der Waals surface area contributed by atoms with Gasteiger partial charge in [-0.2, -0.15) is 5.26 Å². The highest BCUT2D eigenvalue weighted by atomic mass is 16.6. The van der Waals surface area contributed by atoms with Crippen LogP contribution >= 0.6 is 0 Å². The number of ether oxygens (including phenoxy) is 1. The summed E-state index contributed by atoms with van der Waals surface area (Å²) in [6.45, 7) is 0.394. The molecular weight excluding hydrogens is 388 g/mol. The van der Waals surface area contributed by atoms with E-state index in [0.29, 0.717) is 23.5 Å². The highest BCUT2D eigenvalue weighted by molar-refractivity contribution is 5.91. The van der Waals surface area contributed by atoms with Crippen LogP contribution in [0.3, 0.4) is 0 Å². The van der Waals surface area contributed by atoms with Crippen LogP contribution in [0.5, 0.6) is 5.75 Å². The van der Waals surface area contributed by atoms with Crippen LogP contribution in [-0.2, 0) is 6.61 Å². The van der Waals surface area contributed by atoms with Crippen LogP contribution in [-0.4, -0.2) is 4.92 Å². The molecule has 0 aliphatic heterocycles. The molecule has 0 heterocycles.